The maximum atomic E-state index is 10.2. The summed E-state index contributed by atoms with van der Waals surface area (Å²) in [6.07, 6.45) is 0.994. The molecule has 1 aliphatic rings. The molecule has 2 N–H and O–H groups in total. The third kappa shape index (κ3) is 2.79. The zero-order valence-electron chi connectivity index (χ0n) is 6.90. The highest BCUT2D eigenvalue weighted by molar-refractivity contribution is 5.66. The highest BCUT2D eigenvalue weighted by Crippen LogP contribution is 2.20. The summed E-state index contributed by atoms with van der Waals surface area (Å²) in [5, 5.41) is 17.8. The van der Waals surface area contributed by atoms with Gasteiger partial charge in [0, 0.05) is 13.0 Å². The Labute approximate surface area is 71.2 Å². The van der Waals surface area contributed by atoms with Crippen LogP contribution in [0.3, 0.4) is 0 Å². The Morgan fingerprint density at radius 2 is 2.33 bits per heavy atom. The number of hydrogen-bond donors (Lipinski definition) is 2. The predicted molar refractivity (Wildman–Crippen MR) is 41.8 cm³/mol. The monoisotopic (exact) mass is 174 g/mol. The molecule has 1 heterocycles. The third-order valence-corrected chi connectivity index (χ3v) is 2.19. The molecule has 0 bridgehead atoms. The van der Waals surface area contributed by atoms with Crippen molar-refractivity contribution in [1.82, 2.24) is 0 Å². The molecule has 4 nitrogen and oxygen atoms in total. The van der Waals surface area contributed by atoms with E-state index in [0.717, 1.165) is 6.42 Å². The number of ether oxygens (including phenoxy) is 1. The van der Waals surface area contributed by atoms with Gasteiger partial charge >= 0.3 is 5.97 Å². The van der Waals surface area contributed by atoms with Gasteiger partial charge in [0.15, 0.2) is 0 Å². The van der Waals surface area contributed by atoms with Crippen LogP contribution in [0.15, 0.2) is 0 Å². The number of aliphatic carboxylic acids is 1. The number of aliphatic hydroxyl groups is 1. The lowest BCUT2D eigenvalue weighted by atomic mass is 9.92. The smallest absolute Gasteiger partial charge is 0.303 e. The Morgan fingerprint density at radius 3 is 2.92 bits per heavy atom. The van der Waals surface area contributed by atoms with Crippen molar-refractivity contribution in [2.75, 3.05) is 13.2 Å². The van der Waals surface area contributed by atoms with Crippen molar-refractivity contribution in [3.8, 4) is 0 Å². The molecule has 0 spiro atoms. The summed E-state index contributed by atoms with van der Waals surface area (Å²) in [4.78, 5) is 10.2. The van der Waals surface area contributed by atoms with Crippen molar-refractivity contribution in [3.63, 3.8) is 0 Å². The van der Waals surface area contributed by atoms with Crippen LogP contribution in [0.5, 0.6) is 0 Å². The number of hydrogen-bond acceptors (Lipinski definition) is 3. The van der Waals surface area contributed by atoms with Crippen molar-refractivity contribution < 1.29 is 19.7 Å². The Morgan fingerprint density at radius 1 is 1.58 bits per heavy atom. The van der Waals surface area contributed by atoms with E-state index < -0.39 is 12.1 Å². The van der Waals surface area contributed by atoms with E-state index in [-0.39, 0.29) is 12.3 Å². The van der Waals surface area contributed by atoms with Gasteiger partial charge in [-0.1, -0.05) is 0 Å². The average molecular weight is 174 g/mol. The van der Waals surface area contributed by atoms with Crippen molar-refractivity contribution in [2.45, 2.75) is 25.4 Å². The van der Waals surface area contributed by atoms with E-state index in [1.165, 1.54) is 0 Å². The molecule has 0 amide bonds. The van der Waals surface area contributed by atoms with E-state index in [1.807, 2.05) is 0 Å². The largest absolute Gasteiger partial charge is 0.481 e. The zero-order chi connectivity index (χ0) is 8.97. The van der Waals surface area contributed by atoms with Crippen LogP contribution in [-0.2, 0) is 9.53 Å². The minimum Gasteiger partial charge on any atom is -0.481 e. The first kappa shape index (κ1) is 9.48. The minimum absolute atomic E-state index is 0.106. The Hall–Kier alpha value is -0.610. The molecule has 0 aromatic rings. The van der Waals surface area contributed by atoms with Crippen LogP contribution in [0.2, 0.25) is 0 Å². The van der Waals surface area contributed by atoms with Crippen LogP contribution in [0, 0.1) is 5.92 Å². The number of aliphatic hydroxyl groups excluding tert-OH is 1. The fraction of sp³-hybridized carbons (Fsp3) is 0.875. The molecule has 0 aromatic carbocycles. The molecule has 12 heavy (non-hydrogen) atoms. The van der Waals surface area contributed by atoms with Gasteiger partial charge < -0.3 is 14.9 Å². The molecule has 1 rings (SSSR count). The van der Waals surface area contributed by atoms with E-state index in [9.17, 15) is 9.90 Å². The van der Waals surface area contributed by atoms with Gasteiger partial charge in [-0.3, -0.25) is 4.79 Å². The number of carbonyl (C=O) groups is 1. The first-order chi connectivity index (χ1) is 5.70. The van der Waals surface area contributed by atoms with Crippen LogP contribution in [0.4, 0.5) is 0 Å². The summed E-state index contributed by atoms with van der Waals surface area (Å²) in [5.74, 6) is -0.691. The van der Waals surface area contributed by atoms with E-state index in [4.69, 9.17) is 9.84 Å². The van der Waals surface area contributed by atoms with Crippen LogP contribution < -0.4 is 0 Å². The molecule has 0 saturated carbocycles. The lowest BCUT2D eigenvalue weighted by Gasteiger charge is -2.27. The quantitative estimate of drug-likeness (QED) is 0.643. The summed E-state index contributed by atoms with van der Waals surface area (Å²) in [5.41, 5.74) is 0. The van der Waals surface area contributed by atoms with Crippen molar-refractivity contribution in [3.05, 3.63) is 0 Å². The van der Waals surface area contributed by atoms with Gasteiger partial charge in [0.05, 0.1) is 12.7 Å². The maximum Gasteiger partial charge on any atom is 0.303 e. The first-order valence-electron chi connectivity index (χ1n) is 4.17. The molecule has 0 unspecified atom stereocenters. The number of carboxylic acids is 1. The maximum absolute atomic E-state index is 10.2. The van der Waals surface area contributed by atoms with E-state index in [0.29, 0.717) is 19.6 Å². The van der Waals surface area contributed by atoms with Crippen LogP contribution in [-0.4, -0.2) is 35.5 Å². The van der Waals surface area contributed by atoms with Gasteiger partial charge in [-0.2, -0.15) is 0 Å². The zero-order valence-corrected chi connectivity index (χ0v) is 6.90. The normalized spacial score (nSPS) is 30.1. The van der Waals surface area contributed by atoms with Crippen molar-refractivity contribution in [2.24, 2.45) is 5.92 Å². The van der Waals surface area contributed by atoms with Gasteiger partial charge in [-0.05, 0) is 18.8 Å². The van der Waals surface area contributed by atoms with E-state index in [1.54, 1.807) is 0 Å². The summed E-state index contributed by atoms with van der Waals surface area (Å²) >= 11 is 0. The van der Waals surface area contributed by atoms with Gasteiger partial charge in [0.25, 0.3) is 0 Å². The molecule has 0 aromatic heterocycles. The van der Waals surface area contributed by atoms with Gasteiger partial charge in [0.2, 0.25) is 0 Å². The standard InChI is InChI=1S/C8H14O4/c9-7-5-12-4-3-6(7)1-2-8(10)11/h6-7,9H,1-5H2,(H,10,11)/t6-,7-/m0/s1. The fourth-order valence-electron chi connectivity index (χ4n) is 1.41. The molecule has 1 aliphatic heterocycles. The van der Waals surface area contributed by atoms with Gasteiger partial charge in [-0.25, -0.2) is 0 Å². The molecule has 70 valence electrons. The van der Waals surface area contributed by atoms with Crippen molar-refractivity contribution in [1.29, 1.82) is 0 Å². The second kappa shape index (κ2) is 4.42. The number of carboxylic acid groups (broad SMARTS) is 1. The first-order valence-corrected chi connectivity index (χ1v) is 4.17. The second-order valence-corrected chi connectivity index (χ2v) is 3.12. The molecular formula is C8H14O4. The SMILES string of the molecule is O=C(O)CC[C@H]1CCOC[C@@H]1O. The van der Waals surface area contributed by atoms with Crippen LogP contribution >= 0.6 is 0 Å². The van der Waals surface area contributed by atoms with Crippen LogP contribution in [0.1, 0.15) is 19.3 Å². The summed E-state index contributed by atoms with van der Waals surface area (Å²) in [6, 6.07) is 0. The highest BCUT2D eigenvalue weighted by atomic mass is 16.5. The molecule has 4 heteroatoms. The average Bonchev–Trinajstić information content (AvgIpc) is 2.03. The Kier molecular flexibility index (Phi) is 3.49. The predicted octanol–water partition coefficient (Wildman–Crippen LogP) is 0.249. The van der Waals surface area contributed by atoms with Gasteiger partial charge in [0.1, 0.15) is 0 Å². The highest BCUT2D eigenvalue weighted by Gasteiger charge is 2.23. The lowest BCUT2D eigenvalue weighted by Crippen LogP contribution is -2.32. The summed E-state index contributed by atoms with van der Waals surface area (Å²) < 4.78 is 5.02. The Bertz CT molecular complexity index is 157. The summed E-state index contributed by atoms with van der Waals surface area (Å²) in [6.45, 7) is 0.992. The topological polar surface area (TPSA) is 66.8 Å². The van der Waals surface area contributed by atoms with Crippen molar-refractivity contribution >= 4 is 5.97 Å². The molecule has 2 atom stereocenters. The summed E-state index contributed by atoms with van der Waals surface area (Å²) in [7, 11) is 0. The second-order valence-electron chi connectivity index (χ2n) is 3.12. The third-order valence-electron chi connectivity index (χ3n) is 2.19. The van der Waals surface area contributed by atoms with Crippen LogP contribution in [0.25, 0.3) is 0 Å². The fourth-order valence-corrected chi connectivity index (χ4v) is 1.41. The molecular weight excluding hydrogens is 160 g/mol. The molecule has 0 radical (unpaired) electrons. The molecule has 1 fully saturated rings. The van der Waals surface area contributed by atoms with E-state index in [2.05, 4.69) is 0 Å². The Balaban J connectivity index is 2.24. The molecule has 1 saturated heterocycles. The minimum atomic E-state index is -0.798. The molecule has 0 aliphatic carbocycles. The van der Waals surface area contributed by atoms with Gasteiger partial charge in [-0.15, -0.1) is 0 Å². The lowest BCUT2D eigenvalue weighted by molar-refractivity contribution is -0.138. The van der Waals surface area contributed by atoms with E-state index >= 15 is 0 Å². The number of rotatable bonds is 3.